The number of pyridine rings is 1. The first-order valence-corrected chi connectivity index (χ1v) is 6.58. The van der Waals surface area contributed by atoms with E-state index in [-0.39, 0.29) is 12.1 Å². The summed E-state index contributed by atoms with van der Waals surface area (Å²) in [6, 6.07) is 7.25. The fourth-order valence-electron chi connectivity index (χ4n) is 2.06. The smallest absolute Gasteiger partial charge is 0.161 e. The normalized spacial score (nSPS) is 12.3. The van der Waals surface area contributed by atoms with Crippen molar-refractivity contribution in [3.05, 3.63) is 60.2 Å². The van der Waals surface area contributed by atoms with E-state index < -0.39 is 17.7 Å². The van der Waals surface area contributed by atoms with Gasteiger partial charge in [0.15, 0.2) is 11.6 Å². The van der Waals surface area contributed by atoms with Crippen molar-refractivity contribution in [2.24, 2.45) is 0 Å². The Balaban J connectivity index is 1.84. The number of benzene rings is 1. The maximum Gasteiger partial charge on any atom is 0.161 e. The number of aliphatic hydroxyl groups excluding tert-OH is 1. The van der Waals surface area contributed by atoms with Crippen LogP contribution in [0.25, 0.3) is 10.9 Å². The Morgan fingerprint density at radius 3 is 2.68 bits per heavy atom. The van der Waals surface area contributed by atoms with Crippen molar-refractivity contribution in [2.45, 2.75) is 6.10 Å². The highest BCUT2D eigenvalue weighted by Gasteiger charge is 2.12. The number of halogens is 2. The van der Waals surface area contributed by atoms with E-state index in [0.29, 0.717) is 16.9 Å². The first kappa shape index (κ1) is 14.3. The van der Waals surface area contributed by atoms with Crippen molar-refractivity contribution in [3.8, 4) is 0 Å². The third-order valence-corrected chi connectivity index (χ3v) is 3.17. The lowest BCUT2D eigenvalue weighted by Gasteiger charge is -2.13. The summed E-state index contributed by atoms with van der Waals surface area (Å²) in [4.78, 5) is 11.9. The molecule has 0 amide bonds. The van der Waals surface area contributed by atoms with Gasteiger partial charge in [-0.15, -0.1) is 0 Å². The van der Waals surface area contributed by atoms with Gasteiger partial charge in [0, 0.05) is 24.2 Å². The molecular weight excluding hydrogens is 290 g/mol. The monoisotopic (exact) mass is 302 g/mol. The third-order valence-electron chi connectivity index (χ3n) is 3.17. The number of nitrogens with one attached hydrogen (secondary N) is 1. The van der Waals surface area contributed by atoms with Crippen molar-refractivity contribution in [1.82, 2.24) is 15.0 Å². The lowest BCUT2D eigenvalue weighted by Crippen LogP contribution is -2.14. The van der Waals surface area contributed by atoms with E-state index in [9.17, 15) is 13.9 Å². The highest BCUT2D eigenvalue weighted by molar-refractivity contribution is 5.88. The predicted molar refractivity (Wildman–Crippen MR) is 77.1 cm³/mol. The molecule has 0 bridgehead atoms. The van der Waals surface area contributed by atoms with Gasteiger partial charge in [-0.3, -0.25) is 4.98 Å². The minimum atomic E-state index is -0.976. The highest BCUT2D eigenvalue weighted by atomic mass is 19.2. The summed E-state index contributed by atoms with van der Waals surface area (Å²) >= 11 is 0. The molecule has 0 saturated heterocycles. The van der Waals surface area contributed by atoms with Crippen molar-refractivity contribution in [1.29, 1.82) is 0 Å². The molecular formula is C15H12F2N4O. The molecule has 0 fully saturated rings. The van der Waals surface area contributed by atoms with Crippen LogP contribution in [0.3, 0.4) is 0 Å². The Bertz CT molecular complexity index is 798. The molecule has 7 heteroatoms. The van der Waals surface area contributed by atoms with Crippen LogP contribution >= 0.6 is 0 Å². The maximum absolute atomic E-state index is 13.4. The van der Waals surface area contributed by atoms with Crippen LogP contribution in [0.5, 0.6) is 0 Å². The van der Waals surface area contributed by atoms with Crippen molar-refractivity contribution < 1.29 is 13.9 Å². The van der Waals surface area contributed by atoms with Gasteiger partial charge in [-0.2, -0.15) is 0 Å². The zero-order valence-electron chi connectivity index (χ0n) is 11.4. The van der Waals surface area contributed by atoms with Gasteiger partial charge in [-0.25, -0.2) is 18.7 Å². The minimum Gasteiger partial charge on any atom is -0.385 e. The number of aliphatic hydroxyl groups is 1. The molecule has 0 aliphatic carbocycles. The first-order chi connectivity index (χ1) is 10.6. The Morgan fingerprint density at radius 1 is 1.09 bits per heavy atom. The van der Waals surface area contributed by atoms with Crippen LogP contribution in [0.4, 0.5) is 14.6 Å². The van der Waals surface area contributed by atoms with Crippen LogP contribution < -0.4 is 5.32 Å². The lowest BCUT2D eigenvalue weighted by atomic mass is 10.2. The molecule has 1 atom stereocenters. The second kappa shape index (κ2) is 5.98. The summed E-state index contributed by atoms with van der Waals surface area (Å²) in [5.74, 6) is -1.62. The van der Waals surface area contributed by atoms with Crippen LogP contribution in [-0.2, 0) is 0 Å². The average molecular weight is 302 g/mol. The second-order valence-electron chi connectivity index (χ2n) is 4.66. The predicted octanol–water partition coefficient (Wildman–Crippen LogP) is 2.45. The van der Waals surface area contributed by atoms with E-state index in [4.69, 9.17) is 0 Å². The van der Waals surface area contributed by atoms with Crippen LogP contribution in [0.15, 0.2) is 42.9 Å². The van der Waals surface area contributed by atoms with Gasteiger partial charge in [-0.05, 0) is 18.2 Å². The van der Waals surface area contributed by atoms with Crippen molar-refractivity contribution >= 4 is 16.7 Å². The molecule has 3 rings (SSSR count). The second-order valence-corrected chi connectivity index (χ2v) is 4.66. The summed E-state index contributed by atoms with van der Waals surface area (Å²) in [6.45, 7) is 0.127. The molecule has 2 heterocycles. The molecule has 0 aliphatic rings. The molecule has 2 N–H and O–H groups in total. The number of rotatable bonds is 4. The molecule has 2 aromatic heterocycles. The molecule has 0 aliphatic heterocycles. The average Bonchev–Trinajstić information content (AvgIpc) is 2.54. The number of hydrogen-bond donors (Lipinski definition) is 2. The van der Waals surface area contributed by atoms with Gasteiger partial charge in [-0.1, -0.05) is 6.07 Å². The molecule has 0 unspecified atom stereocenters. The molecule has 5 nitrogen and oxygen atoms in total. The Kier molecular flexibility index (Phi) is 3.88. The van der Waals surface area contributed by atoms with Crippen LogP contribution in [0, 0.1) is 11.6 Å². The summed E-state index contributed by atoms with van der Waals surface area (Å²) < 4.78 is 26.6. The first-order valence-electron chi connectivity index (χ1n) is 6.58. The van der Waals surface area contributed by atoms with Crippen LogP contribution in [-0.4, -0.2) is 26.6 Å². The van der Waals surface area contributed by atoms with Gasteiger partial charge < -0.3 is 10.4 Å². The topological polar surface area (TPSA) is 70.9 Å². The number of anilines is 1. The van der Waals surface area contributed by atoms with Gasteiger partial charge in [0.2, 0.25) is 0 Å². The van der Waals surface area contributed by atoms with Gasteiger partial charge in [0.25, 0.3) is 0 Å². The molecule has 0 spiro atoms. The number of aromatic nitrogens is 3. The van der Waals surface area contributed by atoms with Crippen LogP contribution in [0.2, 0.25) is 0 Å². The third kappa shape index (κ3) is 2.84. The van der Waals surface area contributed by atoms with E-state index in [1.165, 1.54) is 6.33 Å². The van der Waals surface area contributed by atoms with Crippen molar-refractivity contribution in [2.75, 3.05) is 11.9 Å². The summed E-state index contributed by atoms with van der Waals surface area (Å²) in [5, 5.41) is 13.3. The standard InChI is InChI=1S/C15H12F2N4O/c16-10-5-9-13(6-11(10)17)20-8-21-15(9)19-7-14(22)12-3-1-2-4-18-12/h1-6,8,14,22H,7H2,(H,19,20,21)/t14-/m0/s1. The molecule has 0 saturated carbocycles. The summed E-state index contributed by atoms with van der Waals surface area (Å²) in [5.41, 5.74) is 0.786. The van der Waals surface area contributed by atoms with Crippen LogP contribution in [0.1, 0.15) is 11.8 Å². The number of hydrogen-bond acceptors (Lipinski definition) is 5. The molecule has 22 heavy (non-hydrogen) atoms. The lowest BCUT2D eigenvalue weighted by molar-refractivity contribution is 0.186. The number of nitrogens with zero attached hydrogens (tertiary/aromatic N) is 3. The molecule has 0 radical (unpaired) electrons. The largest absolute Gasteiger partial charge is 0.385 e. The van der Waals surface area contributed by atoms with Gasteiger partial charge in [0.1, 0.15) is 18.2 Å². The summed E-state index contributed by atoms with van der Waals surface area (Å²) in [6.07, 6.45) is 1.97. The fraction of sp³-hybridized carbons (Fsp3) is 0.133. The zero-order chi connectivity index (χ0) is 15.5. The number of fused-ring (bicyclic) bond motifs is 1. The van der Waals surface area contributed by atoms with Gasteiger partial charge >= 0.3 is 0 Å². The molecule has 3 aromatic rings. The fourth-order valence-corrected chi connectivity index (χ4v) is 2.06. The Hall–Kier alpha value is -2.67. The molecule has 112 valence electrons. The minimum absolute atomic E-state index is 0.127. The van der Waals surface area contributed by atoms with E-state index in [2.05, 4.69) is 20.3 Å². The Labute approximate surface area is 124 Å². The van der Waals surface area contributed by atoms with E-state index in [1.54, 1.807) is 24.4 Å². The van der Waals surface area contributed by atoms with E-state index in [1.807, 2.05) is 0 Å². The quantitative estimate of drug-likeness (QED) is 0.774. The highest BCUT2D eigenvalue weighted by Crippen LogP contribution is 2.22. The van der Waals surface area contributed by atoms with Crippen molar-refractivity contribution in [3.63, 3.8) is 0 Å². The zero-order valence-corrected chi connectivity index (χ0v) is 11.4. The van der Waals surface area contributed by atoms with Gasteiger partial charge in [0.05, 0.1) is 11.2 Å². The Morgan fingerprint density at radius 2 is 1.91 bits per heavy atom. The van der Waals surface area contributed by atoms with E-state index in [0.717, 1.165) is 12.1 Å². The molecule has 1 aromatic carbocycles. The van der Waals surface area contributed by atoms with E-state index >= 15 is 0 Å². The summed E-state index contributed by atoms with van der Waals surface area (Å²) in [7, 11) is 0. The maximum atomic E-state index is 13.4. The SMILES string of the molecule is O[C@@H](CNc1ncnc2cc(F)c(F)cc12)c1ccccn1.